The lowest BCUT2D eigenvalue weighted by Gasteiger charge is -2.47. The molecule has 1 heterocycles. The van der Waals surface area contributed by atoms with Gasteiger partial charge in [-0.3, -0.25) is 0 Å². The molecule has 1 saturated carbocycles. The van der Waals surface area contributed by atoms with Crippen molar-refractivity contribution in [2.24, 2.45) is 0 Å². The monoisotopic (exact) mass is 297 g/mol. The van der Waals surface area contributed by atoms with Gasteiger partial charge in [0.05, 0.1) is 6.61 Å². The Kier molecular flexibility index (Phi) is 6.48. The van der Waals surface area contributed by atoms with E-state index < -0.39 is 0 Å². The van der Waals surface area contributed by atoms with Gasteiger partial charge in [-0.1, -0.05) is 6.92 Å². The van der Waals surface area contributed by atoms with Gasteiger partial charge >= 0.3 is 0 Å². The van der Waals surface area contributed by atoms with Crippen molar-refractivity contribution < 1.29 is 5.11 Å². The molecular weight excluding hydrogens is 262 g/mol. The first-order valence-electron chi connectivity index (χ1n) is 8.86. The minimum atomic E-state index is -0.0165. The lowest BCUT2D eigenvalue weighted by atomic mass is 9.78. The fourth-order valence-electron chi connectivity index (χ4n) is 4.16. The number of nitrogens with zero attached hydrogens (tertiary/aromatic N) is 2. The molecule has 2 N–H and O–H groups in total. The first-order chi connectivity index (χ1) is 10.1. The molecule has 0 bridgehead atoms. The molecule has 1 saturated heterocycles. The summed E-state index contributed by atoms with van der Waals surface area (Å²) in [6.45, 7) is 5.96. The lowest BCUT2D eigenvalue weighted by molar-refractivity contribution is 0.0378. The highest BCUT2D eigenvalue weighted by molar-refractivity contribution is 4.97. The average Bonchev–Trinajstić information content (AvgIpc) is 2.53. The molecule has 0 aromatic carbocycles. The molecule has 2 aliphatic rings. The zero-order valence-electron chi connectivity index (χ0n) is 14.3. The average molecular weight is 297 g/mol. The summed E-state index contributed by atoms with van der Waals surface area (Å²) in [5.74, 6) is 0. The van der Waals surface area contributed by atoms with E-state index >= 15 is 0 Å². The van der Waals surface area contributed by atoms with E-state index in [0.29, 0.717) is 6.04 Å². The summed E-state index contributed by atoms with van der Waals surface area (Å²) in [6.07, 6.45) is 8.53. The Hall–Kier alpha value is -0.160. The van der Waals surface area contributed by atoms with Crippen LogP contribution < -0.4 is 5.32 Å². The molecule has 1 aliphatic heterocycles. The summed E-state index contributed by atoms with van der Waals surface area (Å²) in [5, 5.41) is 13.6. The number of nitrogens with one attached hydrogen (secondary N) is 1. The maximum atomic E-state index is 9.91. The fourth-order valence-corrected chi connectivity index (χ4v) is 4.16. The van der Waals surface area contributed by atoms with Crippen LogP contribution in [0.5, 0.6) is 0 Å². The molecule has 21 heavy (non-hydrogen) atoms. The topological polar surface area (TPSA) is 38.7 Å². The van der Waals surface area contributed by atoms with Crippen LogP contribution >= 0.6 is 0 Å². The van der Waals surface area contributed by atoms with Crippen molar-refractivity contribution in [3.8, 4) is 0 Å². The second-order valence-corrected chi connectivity index (χ2v) is 7.35. The van der Waals surface area contributed by atoms with Crippen LogP contribution in [0.15, 0.2) is 0 Å². The van der Waals surface area contributed by atoms with Crippen molar-refractivity contribution in [2.45, 2.75) is 69.5 Å². The Morgan fingerprint density at radius 2 is 1.95 bits per heavy atom. The van der Waals surface area contributed by atoms with Crippen LogP contribution in [-0.4, -0.2) is 72.9 Å². The zero-order chi connectivity index (χ0) is 15.3. The van der Waals surface area contributed by atoms with Crippen molar-refractivity contribution in [1.29, 1.82) is 0 Å². The van der Waals surface area contributed by atoms with Crippen LogP contribution in [0, 0.1) is 0 Å². The van der Waals surface area contributed by atoms with Gasteiger partial charge < -0.3 is 20.2 Å². The molecule has 124 valence electrons. The highest BCUT2D eigenvalue weighted by atomic mass is 16.3. The quantitative estimate of drug-likeness (QED) is 0.782. The Morgan fingerprint density at radius 1 is 1.24 bits per heavy atom. The number of aliphatic hydroxyl groups excluding tert-OH is 1. The summed E-state index contributed by atoms with van der Waals surface area (Å²) in [4.78, 5) is 5.07. The van der Waals surface area contributed by atoms with Gasteiger partial charge in [-0.25, -0.2) is 0 Å². The van der Waals surface area contributed by atoms with Crippen molar-refractivity contribution in [2.75, 3.05) is 40.3 Å². The third kappa shape index (κ3) is 4.41. The molecule has 0 radical (unpaired) electrons. The molecule has 2 atom stereocenters. The second-order valence-electron chi connectivity index (χ2n) is 7.35. The van der Waals surface area contributed by atoms with E-state index in [2.05, 4.69) is 36.1 Å². The smallest absolute Gasteiger partial charge is 0.0613 e. The minimum absolute atomic E-state index is 0.0165. The van der Waals surface area contributed by atoms with Gasteiger partial charge in [0.2, 0.25) is 0 Å². The van der Waals surface area contributed by atoms with Gasteiger partial charge in [0, 0.05) is 17.6 Å². The molecule has 4 heteroatoms. The molecular formula is C17H35N3O. The van der Waals surface area contributed by atoms with E-state index in [0.717, 1.165) is 31.8 Å². The van der Waals surface area contributed by atoms with Crippen molar-refractivity contribution in [3.05, 3.63) is 0 Å². The maximum absolute atomic E-state index is 9.91. The van der Waals surface area contributed by atoms with Crippen LogP contribution in [0.4, 0.5) is 0 Å². The summed E-state index contributed by atoms with van der Waals surface area (Å²) >= 11 is 0. The van der Waals surface area contributed by atoms with Crippen LogP contribution in [0.2, 0.25) is 0 Å². The Bertz CT molecular complexity index is 302. The molecule has 2 rings (SSSR count). The van der Waals surface area contributed by atoms with E-state index in [1.54, 1.807) is 0 Å². The maximum Gasteiger partial charge on any atom is 0.0613 e. The van der Waals surface area contributed by atoms with Gasteiger partial charge in [0.15, 0.2) is 0 Å². The summed E-state index contributed by atoms with van der Waals surface area (Å²) in [5.41, 5.74) is -0.0165. The SMILES string of the molecule is CCCNC1(CO)CCCC(N2CCC(N(C)C)CC2)C1. The van der Waals surface area contributed by atoms with Gasteiger partial charge in [-0.2, -0.15) is 0 Å². The standard InChI is InChI=1S/C17H35N3O/c1-4-10-18-17(14-21)9-5-6-16(13-17)20-11-7-15(8-12-20)19(2)3/h15-16,18,21H,4-14H2,1-3H3. The predicted molar refractivity (Wildman–Crippen MR) is 88.6 cm³/mol. The molecule has 0 aromatic heterocycles. The van der Waals surface area contributed by atoms with Crippen LogP contribution in [0.1, 0.15) is 51.9 Å². The van der Waals surface area contributed by atoms with Gasteiger partial charge in [0.1, 0.15) is 0 Å². The number of likely N-dealkylation sites (tertiary alicyclic amines) is 1. The lowest BCUT2D eigenvalue weighted by Crippen LogP contribution is -2.57. The normalized spacial score (nSPS) is 32.7. The van der Waals surface area contributed by atoms with E-state index in [1.165, 1.54) is 38.8 Å². The molecule has 0 spiro atoms. The Morgan fingerprint density at radius 3 is 2.52 bits per heavy atom. The van der Waals surface area contributed by atoms with Gasteiger partial charge in [-0.05, 0) is 78.7 Å². The van der Waals surface area contributed by atoms with E-state index in [9.17, 15) is 5.11 Å². The largest absolute Gasteiger partial charge is 0.394 e. The Labute approximate surface area is 130 Å². The number of rotatable bonds is 6. The highest BCUT2D eigenvalue weighted by Crippen LogP contribution is 2.32. The summed E-state index contributed by atoms with van der Waals surface area (Å²) < 4.78 is 0. The van der Waals surface area contributed by atoms with Crippen LogP contribution in [0.25, 0.3) is 0 Å². The van der Waals surface area contributed by atoms with Crippen molar-refractivity contribution in [3.63, 3.8) is 0 Å². The second kappa shape index (κ2) is 7.91. The molecule has 0 aromatic rings. The third-order valence-electron chi connectivity index (χ3n) is 5.62. The molecule has 2 unspecified atom stereocenters. The number of hydrogen-bond donors (Lipinski definition) is 2. The van der Waals surface area contributed by atoms with Crippen LogP contribution in [-0.2, 0) is 0 Å². The van der Waals surface area contributed by atoms with Gasteiger partial charge in [-0.15, -0.1) is 0 Å². The first-order valence-corrected chi connectivity index (χ1v) is 8.86. The minimum Gasteiger partial charge on any atom is -0.394 e. The predicted octanol–water partition coefficient (Wildman–Crippen LogP) is 1.69. The third-order valence-corrected chi connectivity index (χ3v) is 5.62. The van der Waals surface area contributed by atoms with E-state index in [4.69, 9.17) is 0 Å². The summed E-state index contributed by atoms with van der Waals surface area (Å²) in [7, 11) is 4.40. The molecule has 2 fully saturated rings. The number of piperidine rings is 1. The Balaban J connectivity index is 1.89. The molecule has 4 nitrogen and oxygen atoms in total. The highest BCUT2D eigenvalue weighted by Gasteiger charge is 2.38. The van der Waals surface area contributed by atoms with E-state index in [-0.39, 0.29) is 12.1 Å². The molecule has 0 amide bonds. The van der Waals surface area contributed by atoms with Crippen molar-refractivity contribution >= 4 is 0 Å². The first kappa shape index (κ1) is 17.2. The van der Waals surface area contributed by atoms with E-state index in [1.807, 2.05) is 0 Å². The number of hydrogen-bond acceptors (Lipinski definition) is 4. The zero-order valence-corrected chi connectivity index (χ0v) is 14.3. The number of aliphatic hydroxyl groups is 1. The van der Waals surface area contributed by atoms with Crippen molar-refractivity contribution in [1.82, 2.24) is 15.1 Å². The summed E-state index contributed by atoms with van der Waals surface area (Å²) in [6, 6.07) is 1.42. The fraction of sp³-hybridized carbons (Fsp3) is 1.00. The van der Waals surface area contributed by atoms with Gasteiger partial charge in [0.25, 0.3) is 0 Å². The molecule has 1 aliphatic carbocycles. The van der Waals surface area contributed by atoms with Crippen LogP contribution in [0.3, 0.4) is 0 Å².